The fourth-order valence-electron chi connectivity index (χ4n) is 4.28. The zero-order valence-corrected chi connectivity index (χ0v) is 15.5. The highest BCUT2D eigenvalue weighted by Crippen LogP contribution is 2.41. The van der Waals surface area contributed by atoms with E-state index in [2.05, 4.69) is 18.2 Å². The Balaban J connectivity index is 1.78. The summed E-state index contributed by atoms with van der Waals surface area (Å²) in [4.78, 5) is 15.2. The van der Waals surface area contributed by atoms with E-state index in [1.54, 1.807) is 7.11 Å². The Hall–Kier alpha value is -1.90. The van der Waals surface area contributed by atoms with Crippen LogP contribution in [0.2, 0.25) is 0 Å². The summed E-state index contributed by atoms with van der Waals surface area (Å²) >= 11 is 0. The molecule has 2 fully saturated rings. The number of carbonyl (C=O) groups is 1. The first kappa shape index (κ1) is 18.9. The zero-order valence-electron chi connectivity index (χ0n) is 15.5. The van der Waals surface area contributed by atoms with Crippen molar-refractivity contribution in [3.05, 3.63) is 35.9 Å². The molecule has 1 amide bonds. The number of benzene rings is 1. The molecule has 0 N–H and O–H groups in total. The molecule has 0 aromatic heterocycles. The third kappa shape index (κ3) is 3.92. The molecular weight excluding hydrogens is 328 g/mol. The molecule has 2 atom stereocenters. The predicted molar refractivity (Wildman–Crippen MR) is 98.4 cm³/mol. The maximum Gasteiger partial charge on any atom is 0.243 e. The number of ether oxygens (including phenoxy) is 2. The van der Waals surface area contributed by atoms with Gasteiger partial charge in [0.15, 0.2) is 0 Å². The van der Waals surface area contributed by atoms with Gasteiger partial charge in [-0.2, -0.15) is 5.26 Å². The highest BCUT2D eigenvalue weighted by Gasteiger charge is 2.48. The van der Waals surface area contributed by atoms with Crippen LogP contribution in [-0.2, 0) is 20.7 Å². The zero-order chi connectivity index (χ0) is 18.4. The van der Waals surface area contributed by atoms with Gasteiger partial charge in [-0.3, -0.25) is 4.79 Å². The molecule has 1 aromatic carbocycles. The first-order valence-corrected chi connectivity index (χ1v) is 9.57. The number of likely N-dealkylation sites (tertiary alicyclic amines) is 1. The minimum Gasteiger partial charge on any atom is -0.382 e. The average molecular weight is 356 g/mol. The molecule has 1 aromatic rings. The fraction of sp³-hybridized carbons (Fsp3) is 0.619. The van der Waals surface area contributed by atoms with Crippen LogP contribution in [0.5, 0.6) is 0 Å². The maximum atomic E-state index is 13.3. The van der Waals surface area contributed by atoms with E-state index < -0.39 is 5.41 Å². The van der Waals surface area contributed by atoms with Gasteiger partial charge in [0.2, 0.25) is 5.91 Å². The molecule has 0 spiro atoms. The fourth-order valence-corrected chi connectivity index (χ4v) is 4.28. The van der Waals surface area contributed by atoms with Crippen LogP contribution in [0.15, 0.2) is 30.3 Å². The molecule has 1 heterocycles. The van der Waals surface area contributed by atoms with Gasteiger partial charge in [-0.05, 0) is 31.2 Å². The van der Waals surface area contributed by atoms with Gasteiger partial charge in [-0.25, -0.2) is 0 Å². The number of methoxy groups -OCH3 is 1. The third-order valence-electron chi connectivity index (χ3n) is 5.73. The van der Waals surface area contributed by atoms with Crippen molar-refractivity contribution in [1.82, 2.24) is 4.90 Å². The van der Waals surface area contributed by atoms with Crippen LogP contribution >= 0.6 is 0 Å². The topological polar surface area (TPSA) is 62.6 Å². The standard InChI is InChI=1S/C21H28N2O3/c1-25-13-14-26-19-9-12-23(18(19)15-17-7-3-2-4-8-17)20(24)21(16-22)10-5-6-11-21/h2-4,7-8,18-19H,5-6,9-15H2,1H3/t18-,19+/m0/s1. The van der Waals surface area contributed by atoms with Crippen molar-refractivity contribution >= 4 is 5.91 Å². The van der Waals surface area contributed by atoms with Crippen molar-refractivity contribution in [2.75, 3.05) is 26.9 Å². The number of rotatable bonds is 7. The number of nitriles is 1. The van der Waals surface area contributed by atoms with Crippen LogP contribution in [0, 0.1) is 16.7 Å². The molecular formula is C21H28N2O3. The molecule has 1 aliphatic carbocycles. The Morgan fingerprint density at radius 1 is 1.27 bits per heavy atom. The Morgan fingerprint density at radius 2 is 2.00 bits per heavy atom. The summed E-state index contributed by atoms with van der Waals surface area (Å²) in [5, 5.41) is 9.72. The van der Waals surface area contributed by atoms with Gasteiger partial charge in [0, 0.05) is 13.7 Å². The SMILES string of the molecule is COCCO[C@@H]1CCN(C(=O)C2(C#N)CCCC2)[C@H]1Cc1ccccc1. The molecule has 26 heavy (non-hydrogen) atoms. The highest BCUT2D eigenvalue weighted by molar-refractivity contribution is 5.86. The number of nitrogens with zero attached hydrogens (tertiary/aromatic N) is 2. The summed E-state index contributed by atoms with van der Waals surface area (Å²) in [5.74, 6) is 0.0104. The van der Waals surface area contributed by atoms with Gasteiger partial charge in [0.05, 0.1) is 31.4 Å². The Kier molecular flexibility index (Phi) is 6.29. The van der Waals surface area contributed by atoms with Crippen molar-refractivity contribution in [3.8, 4) is 6.07 Å². The van der Waals surface area contributed by atoms with Crippen LogP contribution in [0.25, 0.3) is 0 Å². The van der Waals surface area contributed by atoms with Crippen molar-refractivity contribution in [1.29, 1.82) is 5.26 Å². The normalized spacial score (nSPS) is 24.5. The van der Waals surface area contributed by atoms with E-state index in [1.807, 2.05) is 23.1 Å². The molecule has 1 saturated heterocycles. The minimum absolute atomic E-state index is 0.00791. The van der Waals surface area contributed by atoms with Gasteiger partial charge in [0.1, 0.15) is 5.41 Å². The Bertz CT molecular complexity index is 634. The summed E-state index contributed by atoms with van der Waals surface area (Å²) in [6.07, 6.45) is 4.86. The minimum atomic E-state index is -0.823. The van der Waals surface area contributed by atoms with Crippen molar-refractivity contribution in [2.45, 2.75) is 50.7 Å². The van der Waals surface area contributed by atoms with Crippen LogP contribution in [0.4, 0.5) is 0 Å². The van der Waals surface area contributed by atoms with Gasteiger partial charge in [0.25, 0.3) is 0 Å². The molecule has 5 heteroatoms. The van der Waals surface area contributed by atoms with Gasteiger partial charge in [-0.15, -0.1) is 0 Å². The molecule has 140 valence electrons. The predicted octanol–water partition coefficient (Wildman–Crippen LogP) is 2.95. The first-order chi connectivity index (χ1) is 12.7. The van der Waals surface area contributed by atoms with Crippen LogP contribution < -0.4 is 0 Å². The summed E-state index contributed by atoms with van der Waals surface area (Å²) in [5.41, 5.74) is 0.367. The second-order valence-corrected chi connectivity index (χ2v) is 7.35. The van der Waals surface area contributed by atoms with E-state index >= 15 is 0 Å². The van der Waals surface area contributed by atoms with E-state index in [4.69, 9.17) is 9.47 Å². The van der Waals surface area contributed by atoms with E-state index in [1.165, 1.54) is 5.56 Å². The largest absolute Gasteiger partial charge is 0.382 e. The molecule has 0 radical (unpaired) electrons. The van der Waals surface area contributed by atoms with E-state index in [-0.39, 0.29) is 18.1 Å². The Morgan fingerprint density at radius 3 is 2.65 bits per heavy atom. The summed E-state index contributed by atoms with van der Waals surface area (Å²) < 4.78 is 11.1. The quantitative estimate of drug-likeness (QED) is 0.705. The second kappa shape index (κ2) is 8.66. The molecule has 1 aliphatic heterocycles. The molecule has 0 unspecified atom stereocenters. The average Bonchev–Trinajstić information content (AvgIpc) is 3.31. The first-order valence-electron chi connectivity index (χ1n) is 9.57. The smallest absolute Gasteiger partial charge is 0.243 e. The molecule has 0 bridgehead atoms. The summed E-state index contributed by atoms with van der Waals surface area (Å²) in [6, 6.07) is 12.5. The lowest BCUT2D eigenvalue weighted by Crippen LogP contribution is -2.48. The van der Waals surface area contributed by atoms with Crippen molar-refractivity contribution in [3.63, 3.8) is 0 Å². The highest BCUT2D eigenvalue weighted by atomic mass is 16.5. The molecule has 1 saturated carbocycles. The molecule has 2 aliphatic rings. The lowest BCUT2D eigenvalue weighted by atomic mass is 9.86. The van der Waals surface area contributed by atoms with Crippen LogP contribution in [0.1, 0.15) is 37.7 Å². The van der Waals surface area contributed by atoms with E-state index in [9.17, 15) is 10.1 Å². The van der Waals surface area contributed by atoms with Crippen LogP contribution in [0.3, 0.4) is 0 Å². The monoisotopic (exact) mass is 356 g/mol. The number of hydrogen-bond donors (Lipinski definition) is 0. The summed E-state index contributed by atoms with van der Waals surface area (Å²) in [7, 11) is 1.66. The number of hydrogen-bond acceptors (Lipinski definition) is 4. The van der Waals surface area contributed by atoms with Crippen LogP contribution in [-0.4, -0.2) is 49.8 Å². The van der Waals surface area contributed by atoms with Crippen molar-refractivity contribution in [2.24, 2.45) is 5.41 Å². The molecule has 5 nitrogen and oxygen atoms in total. The maximum absolute atomic E-state index is 13.3. The second-order valence-electron chi connectivity index (χ2n) is 7.35. The number of carbonyl (C=O) groups excluding carboxylic acids is 1. The van der Waals surface area contributed by atoms with Gasteiger partial charge < -0.3 is 14.4 Å². The molecule has 3 rings (SSSR count). The van der Waals surface area contributed by atoms with Gasteiger partial charge >= 0.3 is 0 Å². The lowest BCUT2D eigenvalue weighted by molar-refractivity contribution is -0.141. The summed E-state index contributed by atoms with van der Waals surface area (Å²) in [6.45, 7) is 1.74. The Labute approximate surface area is 155 Å². The van der Waals surface area contributed by atoms with Crippen molar-refractivity contribution < 1.29 is 14.3 Å². The third-order valence-corrected chi connectivity index (χ3v) is 5.73. The lowest BCUT2D eigenvalue weighted by Gasteiger charge is -2.33. The number of amides is 1. The van der Waals surface area contributed by atoms with E-state index in [0.717, 1.165) is 25.7 Å². The van der Waals surface area contributed by atoms with E-state index in [0.29, 0.717) is 32.6 Å². The van der Waals surface area contributed by atoms with Gasteiger partial charge in [-0.1, -0.05) is 43.2 Å².